The lowest BCUT2D eigenvalue weighted by molar-refractivity contribution is 0.138. The second kappa shape index (κ2) is 7.00. The Balaban J connectivity index is 2.23. The van der Waals surface area contributed by atoms with Crippen molar-refractivity contribution in [3.63, 3.8) is 0 Å². The quantitative estimate of drug-likeness (QED) is 0.900. The number of ether oxygens (including phenoxy) is 3. The Morgan fingerprint density at radius 1 is 1.14 bits per heavy atom. The maximum atomic E-state index is 6.03. The van der Waals surface area contributed by atoms with Crippen LogP contribution in [0.5, 0.6) is 17.2 Å². The van der Waals surface area contributed by atoms with Gasteiger partial charge in [-0.05, 0) is 25.8 Å². The Kier molecular flexibility index (Phi) is 5.31. The van der Waals surface area contributed by atoms with E-state index in [1.54, 1.807) is 21.3 Å². The van der Waals surface area contributed by atoms with Crippen molar-refractivity contribution in [2.24, 2.45) is 5.73 Å². The fourth-order valence-electron chi connectivity index (χ4n) is 3.00. The third-order valence-corrected chi connectivity index (χ3v) is 4.21. The molecule has 0 amide bonds. The van der Waals surface area contributed by atoms with E-state index >= 15 is 0 Å². The number of hydrogen-bond acceptors (Lipinski definition) is 5. The molecule has 0 aliphatic carbocycles. The first-order valence-electron chi connectivity index (χ1n) is 7.38. The van der Waals surface area contributed by atoms with Crippen LogP contribution in [0.4, 0.5) is 0 Å². The summed E-state index contributed by atoms with van der Waals surface area (Å²) in [6.07, 6.45) is 2.08. The average Bonchev–Trinajstić information content (AvgIpc) is 2.49. The number of methoxy groups -OCH3 is 3. The normalized spacial score (nSPS) is 22.9. The lowest BCUT2D eigenvalue weighted by atomic mass is 9.98. The van der Waals surface area contributed by atoms with Crippen LogP contribution in [0.3, 0.4) is 0 Å². The van der Waals surface area contributed by atoms with Crippen molar-refractivity contribution in [1.82, 2.24) is 4.90 Å². The molecule has 21 heavy (non-hydrogen) atoms. The first kappa shape index (κ1) is 15.9. The van der Waals surface area contributed by atoms with Gasteiger partial charge in [-0.25, -0.2) is 0 Å². The maximum Gasteiger partial charge on any atom is 0.203 e. The summed E-state index contributed by atoms with van der Waals surface area (Å²) in [7, 11) is 4.92. The number of nitrogens with two attached hydrogens (primary N) is 1. The van der Waals surface area contributed by atoms with Crippen molar-refractivity contribution >= 4 is 0 Å². The van der Waals surface area contributed by atoms with E-state index in [1.165, 1.54) is 0 Å². The van der Waals surface area contributed by atoms with Gasteiger partial charge in [0.2, 0.25) is 5.75 Å². The van der Waals surface area contributed by atoms with E-state index in [-0.39, 0.29) is 0 Å². The number of hydrogen-bond donors (Lipinski definition) is 1. The van der Waals surface area contributed by atoms with Crippen molar-refractivity contribution in [3.8, 4) is 17.2 Å². The molecule has 0 radical (unpaired) electrons. The molecule has 1 saturated heterocycles. The largest absolute Gasteiger partial charge is 0.493 e. The molecule has 2 N–H and O–H groups in total. The minimum Gasteiger partial charge on any atom is -0.493 e. The summed E-state index contributed by atoms with van der Waals surface area (Å²) in [6.45, 7) is 4.07. The van der Waals surface area contributed by atoms with Gasteiger partial charge in [0.25, 0.3) is 0 Å². The van der Waals surface area contributed by atoms with E-state index in [1.807, 2.05) is 12.1 Å². The van der Waals surface area contributed by atoms with Gasteiger partial charge in [-0.3, -0.25) is 4.90 Å². The van der Waals surface area contributed by atoms with Gasteiger partial charge in [-0.1, -0.05) is 6.07 Å². The zero-order chi connectivity index (χ0) is 15.4. The fourth-order valence-corrected chi connectivity index (χ4v) is 3.00. The molecule has 2 rings (SSSR count). The molecule has 2 atom stereocenters. The van der Waals surface area contributed by atoms with Crippen molar-refractivity contribution in [2.75, 3.05) is 27.9 Å². The standard InChI is InChI=1S/C16H26N2O3/c1-11-9-13(17)7-8-18(11)10-12-5-6-14(19-2)16(21-4)15(12)20-3/h5-6,11,13H,7-10,17H2,1-4H3. The highest BCUT2D eigenvalue weighted by molar-refractivity contribution is 5.55. The van der Waals surface area contributed by atoms with Crippen LogP contribution >= 0.6 is 0 Å². The van der Waals surface area contributed by atoms with Gasteiger partial charge < -0.3 is 19.9 Å². The summed E-state index contributed by atoms with van der Waals surface area (Å²) in [6, 6.07) is 4.77. The molecule has 1 aliphatic rings. The first-order chi connectivity index (χ1) is 10.1. The zero-order valence-electron chi connectivity index (χ0n) is 13.4. The van der Waals surface area contributed by atoms with E-state index in [9.17, 15) is 0 Å². The highest BCUT2D eigenvalue weighted by Crippen LogP contribution is 2.40. The van der Waals surface area contributed by atoms with Crippen LogP contribution in [0, 0.1) is 0 Å². The Morgan fingerprint density at radius 2 is 1.86 bits per heavy atom. The van der Waals surface area contributed by atoms with Crippen LogP contribution in [0.1, 0.15) is 25.3 Å². The summed E-state index contributed by atoms with van der Waals surface area (Å²) in [5, 5.41) is 0. The molecule has 0 aromatic heterocycles. The molecule has 1 heterocycles. The predicted molar refractivity (Wildman–Crippen MR) is 83.2 cm³/mol. The molecule has 2 unspecified atom stereocenters. The van der Waals surface area contributed by atoms with Gasteiger partial charge in [0.05, 0.1) is 21.3 Å². The molecule has 0 bridgehead atoms. The molecule has 1 aliphatic heterocycles. The SMILES string of the molecule is COc1ccc(CN2CCC(N)CC2C)c(OC)c1OC. The van der Waals surface area contributed by atoms with Gasteiger partial charge in [-0.15, -0.1) is 0 Å². The van der Waals surface area contributed by atoms with E-state index in [4.69, 9.17) is 19.9 Å². The zero-order valence-corrected chi connectivity index (χ0v) is 13.4. The van der Waals surface area contributed by atoms with Gasteiger partial charge in [0.1, 0.15) is 0 Å². The van der Waals surface area contributed by atoms with Gasteiger partial charge in [-0.2, -0.15) is 0 Å². The first-order valence-corrected chi connectivity index (χ1v) is 7.38. The molecule has 5 heteroatoms. The summed E-state index contributed by atoms with van der Waals surface area (Å²) >= 11 is 0. The van der Waals surface area contributed by atoms with Crippen molar-refractivity contribution in [3.05, 3.63) is 17.7 Å². The smallest absolute Gasteiger partial charge is 0.203 e. The van der Waals surface area contributed by atoms with Crippen LogP contribution in [-0.4, -0.2) is 44.9 Å². The highest BCUT2D eigenvalue weighted by atomic mass is 16.5. The Morgan fingerprint density at radius 3 is 2.43 bits per heavy atom. The maximum absolute atomic E-state index is 6.03. The van der Waals surface area contributed by atoms with Crippen LogP contribution in [0.15, 0.2) is 12.1 Å². The summed E-state index contributed by atoms with van der Waals surface area (Å²) in [5.74, 6) is 2.09. The molecule has 0 spiro atoms. The molecular weight excluding hydrogens is 268 g/mol. The van der Waals surface area contributed by atoms with Gasteiger partial charge in [0.15, 0.2) is 11.5 Å². The third-order valence-electron chi connectivity index (χ3n) is 4.21. The van der Waals surface area contributed by atoms with Crippen LogP contribution < -0.4 is 19.9 Å². The monoisotopic (exact) mass is 294 g/mol. The summed E-state index contributed by atoms with van der Waals surface area (Å²) < 4.78 is 16.3. The van der Waals surface area contributed by atoms with Crippen LogP contribution in [0.2, 0.25) is 0 Å². The summed E-state index contributed by atoms with van der Waals surface area (Å²) in [4.78, 5) is 2.44. The van der Waals surface area contributed by atoms with Gasteiger partial charge >= 0.3 is 0 Å². The van der Waals surface area contributed by atoms with E-state index in [0.717, 1.165) is 37.2 Å². The van der Waals surface area contributed by atoms with Crippen molar-refractivity contribution < 1.29 is 14.2 Å². The van der Waals surface area contributed by atoms with Crippen molar-refractivity contribution in [2.45, 2.75) is 38.4 Å². The summed E-state index contributed by atoms with van der Waals surface area (Å²) in [5.41, 5.74) is 7.14. The Bertz CT molecular complexity index is 479. The molecule has 1 fully saturated rings. The van der Waals surface area contributed by atoms with E-state index < -0.39 is 0 Å². The van der Waals surface area contributed by atoms with E-state index in [0.29, 0.717) is 23.6 Å². The third kappa shape index (κ3) is 3.41. The minimum atomic E-state index is 0.323. The van der Waals surface area contributed by atoms with Crippen molar-refractivity contribution in [1.29, 1.82) is 0 Å². The molecule has 1 aromatic rings. The average molecular weight is 294 g/mol. The molecule has 0 saturated carbocycles. The lowest BCUT2D eigenvalue weighted by Crippen LogP contribution is -2.45. The van der Waals surface area contributed by atoms with Crippen LogP contribution in [0.25, 0.3) is 0 Å². The number of rotatable bonds is 5. The Hall–Kier alpha value is -1.46. The second-order valence-corrected chi connectivity index (χ2v) is 5.60. The second-order valence-electron chi connectivity index (χ2n) is 5.60. The minimum absolute atomic E-state index is 0.323. The highest BCUT2D eigenvalue weighted by Gasteiger charge is 2.25. The fraction of sp³-hybridized carbons (Fsp3) is 0.625. The van der Waals surface area contributed by atoms with Crippen LogP contribution in [-0.2, 0) is 6.54 Å². The molecule has 1 aromatic carbocycles. The molecule has 5 nitrogen and oxygen atoms in total. The van der Waals surface area contributed by atoms with Gasteiger partial charge in [0, 0.05) is 30.7 Å². The molecular formula is C16H26N2O3. The topological polar surface area (TPSA) is 57.0 Å². The predicted octanol–water partition coefficient (Wildman–Crippen LogP) is 2.02. The number of piperidine rings is 1. The van der Waals surface area contributed by atoms with E-state index in [2.05, 4.69) is 11.8 Å². The lowest BCUT2D eigenvalue weighted by Gasteiger charge is -2.36. The Labute approximate surface area is 127 Å². The number of benzene rings is 1. The number of likely N-dealkylation sites (tertiary alicyclic amines) is 1. The molecule has 118 valence electrons. The number of nitrogens with zero attached hydrogens (tertiary/aromatic N) is 1.